The lowest BCUT2D eigenvalue weighted by Gasteiger charge is -2.25. The molecule has 0 radical (unpaired) electrons. The Morgan fingerprint density at radius 1 is 0.821 bits per heavy atom. The molecule has 0 saturated carbocycles. The summed E-state index contributed by atoms with van der Waals surface area (Å²) in [6.45, 7) is 2.60. The fourth-order valence-electron chi connectivity index (χ4n) is 3.71. The van der Waals surface area contributed by atoms with Crippen LogP contribution >= 0.6 is 0 Å². The summed E-state index contributed by atoms with van der Waals surface area (Å²) in [6.07, 6.45) is 6.93. The lowest BCUT2D eigenvalue weighted by atomic mass is 10.2. The van der Waals surface area contributed by atoms with Crippen molar-refractivity contribution in [3.8, 4) is 0 Å². The van der Waals surface area contributed by atoms with E-state index in [-0.39, 0.29) is 11.4 Å². The Hall–Kier alpha value is -1.93. The number of amides is 2. The number of rotatable bonds is 4. The summed E-state index contributed by atoms with van der Waals surface area (Å²) in [5, 5.41) is 2.65. The summed E-state index contributed by atoms with van der Waals surface area (Å²) < 4.78 is 26.9. The number of hydrogen-bond acceptors (Lipinski definition) is 4. The second-order valence-electron chi connectivity index (χ2n) is 7.50. The van der Waals surface area contributed by atoms with Crippen LogP contribution in [0.5, 0.6) is 0 Å². The lowest BCUT2D eigenvalue weighted by molar-refractivity contribution is -0.145. The Kier molecular flexibility index (Phi) is 7.07. The molecule has 1 aromatic rings. The second kappa shape index (κ2) is 9.52. The molecule has 0 bridgehead atoms. The molecule has 28 heavy (non-hydrogen) atoms. The Morgan fingerprint density at radius 3 is 1.96 bits per heavy atom. The third-order valence-electron chi connectivity index (χ3n) is 5.42. The molecular formula is C20H29N3O4S. The van der Waals surface area contributed by atoms with Crippen molar-refractivity contribution in [3.05, 3.63) is 29.8 Å². The van der Waals surface area contributed by atoms with E-state index in [0.717, 1.165) is 50.5 Å². The van der Waals surface area contributed by atoms with Crippen molar-refractivity contribution in [1.29, 1.82) is 0 Å². The Labute approximate surface area is 167 Å². The summed E-state index contributed by atoms with van der Waals surface area (Å²) in [5.74, 6) is -1.09. The maximum atomic E-state index is 12.7. The van der Waals surface area contributed by atoms with Gasteiger partial charge in [0.1, 0.15) is 0 Å². The van der Waals surface area contributed by atoms with Gasteiger partial charge in [-0.15, -0.1) is 0 Å². The van der Waals surface area contributed by atoms with Gasteiger partial charge in [-0.25, -0.2) is 8.42 Å². The molecular weight excluding hydrogens is 378 g/mol. The maximum Gasteiger partial charge on any atom is 0.311 e. The van der Waals surface area contributed by atoms with E-state index in [1.165, 1.54) is 4.31 Å². The first-order valence-corrected chi connectivity index (χ1v) is 11.6. The number of piperidine rings is 1. The normalized spacial score (nSPS) is 19.1. The lowest BCUT2D eigenvalue weighted by Crippen LogP contribution is -2.43. The summed E-state index contributed by atoms with van der Waals surface area (Å²) >= 11 is 0. The molecule has 154 valence electrons. The van der Waals surface area contributed by atoms with E-state index in [0.29, 0.717) is 26.2 Å². The predicted molar refractivity (Wildman–Crippen MR) is 106 cm³/mol. The number of benzene rings is 1. The van der Waals surface area contributed by atoms with Gasteiger partial charge < -0.3 is 10.2 Å². The van der Waals surface area contributed by atoms with Crippen molar-refractivity contribution < 1.29 is 18.0 Å². The third kappa shape index (κ3) is 5.11. The molecule has 3 rings (SSSR count). The van der Waals surface area contributed by atoms with Crippen LogP contribution in [0.1, 0.15) is 50.5 Å². The largest absolute Gasteiger partial charge is 0.344 e. The van der Waals surface area contributed by atoms with Gasteiger partial charge in [0.25, 0.3) is 0 Å². The van der Waals surface area contributed by atoms with Gasteiger partial charge in [-0.05, 0) is 43.4 Å². The Morgan fingerprint density at radius 2 is 1.36 bits per heavy atom. The molecule has 2 aliphatic rings. The standard InChI is InChI=1S/C20H29N3O4S/c24-19(20(25)22-12-4-1-2-5-13-22)21-16-17-8-10-18(11-9-17)28(26,27)23-14-6-3-7-15-23/h8-11H,1-7,12-16H2,(H,21,24). The third-order valence-corrected chi connectivity index (χ3v) is 7.33. The highest BCUT2D eigenvalue weighted by Crippen LogP contribution is 2.20. The van der Waals surface area contributed by atoms with Gasteiger partial charge in [0.2, 0.25) is 10.0 Å². The molecule has 2 amide bonds. The number of nitrogens with zero attached hydrogens (tertiary/aromatic N) is 2. The van der Waals surface area contributed by atoms with E-state index < -0.39 is 21.8 Å². The first kappa shape index (κ1) is 20.8. The first-order valence-electron chi connectivity index (χ1n) is 10.1. The van der Waals surface area contributed by atoms with E-state index in [4.69, 9.17) is 0 Å². The van der Waals surface area contributed by atoms with Crippen molar-refractivity contribution in [2.24, 2.45) is 0 Å². The van der Waals surface area contributed by atoms with Crippen LogP contribution in [0.15, 0.2) is 29.2 Å². The predicted octanol–water partition coefficient (Wildman–Crippen LogP) is 1.88. The average Bonchev–Trinajstić information content (AvgIpc) is 3.02. The van der Waals surface area contributed by atoms with Gasteiger partial charge in [0, 0.05) is 32.7 Å². The first-order chi connectivity index (χ1) is 13.5. The molecule has 1 aromatic carbocycles. The van der Waals surface area contributed by atoms with Gasteiger partial charge in [-0.3, -0.25) is 9.59 Å². The van der Waals surface area contributed by atoms with Crippen molar-refractivity contribution in [1.82, 2.24) is 14.5 Å². The summed E-state index contributed by atoms with van der Waals surface area (Å²) in [6, 6.07) is 6.52. The zero-order valence-corrected chi connectivity index (χ0v) is 17.0. The highest BCUT2D eigenvalue weighted by Gasteiger charge is 2.26. The highest BCUT2D eigenvalue weighted by atomic mass is 32.2. The fraction of sp³-hybridized carbons (Fsp3) is 0.600. The molecule has 2 saturated heterocycles. The van der Waals surface area contributed by atoms with Crippen LogP contribution in [0.3, 0.4) is 0 Å². The number of sulfonamides is 1. The van der Waals surface area contributed by atoms with E-state index in [1.807, 2.05) is 0 Å². The number of likely N-dealkylation sites (tertiary alicyclic amines) is 1. The number of carbonyl (C=O) groups is 2. The number of carbonyl (C=O) groups excluding carboxylic acids is 2. The van der Waals surface area contributed by atoms with Crippen LogP contribution in [-0.2, 0) is 26.2 Å². The Bertz CT molecular complexity index is 778. The summed E-state index contributed by atoms with van der Waals surface area (Å²) in [4.78, 5) is 26.3. The fourth-order valence-corrected chi connectivity index (χ4v) is 5.23. The molecule has 2 heterocycles. The minimum atomic E-state index is -3.46. The van der Waals surface area contributed by atoms with Gasteiger partial charge in [-0.1, -0.05) is 31.4 Å². The monoisotopic (exact) mass is 407 g/mol. The quantitative estimate of drug-likeness (QED) is 0.772. The zero-order valence-electron chi connectivity index (χ0n) is 16.2. The van der Waals surface area contributed by atoms with Crippen LogP contribution in [0.25, 0.3) is 0 Å². The molecule has 2 fully saturated rings. The molecule has 0 unspecified atom stereocenters. The number of hydrogen-bond donors (Lipinski definition) is 1. The SMILES string of the molecule is O=C(NCc1ccc(S(=O)(=O)N2CCCCC2)cc1)C(=O)N1CCCCCC1. The van der Waals surface area contributed by atoms with E-state index >= 15 is 0 Å². The smallest absolute Gasteiger partial charge is 0.311 e. The van der Waals surface area contributed by atoms with E-state index in [1.54, 1.807) is 29.2 Å². The molecule has 0 aliphatic carbocycles. The van der Waals surface area contributed by atoms with Gasteiger partial charge in [-0.2, -0.15) is 4.31 Å². The maximum absolute atomic E-state index is 12.7. The van der Waals surface area contributed by atoms with Crippen molar-refractivity contribution in [3.63, 3.8) is 0 Å². The second-order valence-corrected chi connectivity index (χ2v) is 9.44. The van der Waals surface area contributed by atoms with Gasteiger partial charge in [0.05, 0.1) is 4.90 Å². The molecule has 2 aliphatic heterocycles. The van der Waals surface area contributed by atoms with Crippen molar-refractivity contribution in [2.45, 2.75) is 56.4 Å². The minimum absolute atomic E-state index is 0.197. The highest BCUT2D eigenvalue weighted by molar-refractivity contribution is 7.89. The van der Waals surface area contributed by atoms with Crippen molar-refractivity contribution >= 4 is 21.8 Å². The average molecular weight is 408 g/mol. The molecule has 8 heteroatoms. The molecule has 7 nitrogen and oxygen atoms in total. The molecule has 1 N–H and O–H groups in total. The van der Waals surface area contributed by atoms with Crippen molar-refractivity contribution in [2.75, 3.05) is 26.2 Å². The van der Waals surface area contributed by atoms with Gasteiger partial charge in [0.15, 0.2) is 0 Å². The molecule has 0 spiro atoms. The van der Waals surface area contributed by atoms with E-state index in [9.17, 15) is 18.0 Å². The topological polar surface area (TPSA) is 86.8 Å². The van der Waals surface area contributed by atoms with Crippen LogP contribution < -0.4 is 5.32 Å². The minimum Gasteiger partial charge on any atom is -0.344 e. The Balaban J connectivity index is 1.55. The van der Waals surface area contributed by atoms with Crippen LogP contribution in [0, 0.1) is 0 Å². The zero-order chi connectivity index (χ0) is 20.0. The molecule has 0 aromatic heterocycles. The van der Waals surface area contributed by atoms with E-state index in [2.05, 4.69) is 5.32 Å². The molecule has 0 atom stereocenters. The summed E-state index contributed by atoms with van der Waals surface area (Å²) in [7, 11) is -3.46. The van der Waals surface area contributed by atoms with Crippen LogP contribution in [0.2, 0.25) is 0 Å². The number of nitrogens with one attached hydrogen (secondary N) is 1. The van der Waals surface area contributed by atoms with Crippen LogP contribution in [0.4, 0.5) is 0 Å². The van der Waals surface area contributed by atoms with Gasteiger partial charge >= 0.3 is 11.8 Å². The van der Waals surface area contributed by atoms with Crippen LogP contribution in [-0.4, -0.2) is 55.6 Å². The summed E-state index contributed by atoms with van der Waals surface area (Å²) in [5.41, 5.74) is 0.759.